The molecule has 1 aliphatic rings. The summed E-state index contributed by atoms with van der Waals surface area (Å²) in [5.74, 6) is 0.762. The van der Waals surface area contributed by atoms with Gasteiger partial charge in [-0.05, 0) is 49.2 Å². The van der Waals surface area contributed by atoms with Crippen molar-refractivity contribution < 1.29 is 9.50 Å². The van der Waals surface area contributed by atoms with Gasteiger partial charge in [0.1, 0.15) is 11.9 Å². The van der Waals surface area contributed by atoms with E-state index in [9.17, 15) is 9.50 Å². The molecule has 2 atom stereocenters. The third kappa shape index (κ3) is 3.67. The molecule has 1 fully saturated rings. The Labute approximate surface area is 163 Å². The smallest absolute Gasteiger partial charge is 0.151 e. The number of aromatic hydroxyl groups is 1. The predicted octanol–water partition coefficient (Wildman–Crippen LogP) is 4.63. The van der Waals surface area contributed by atoms with Crippen LogP contribution < -0.4 is 4.90 Å². The molecule has 0 bridgehead atoms. The van der Waals surface area contributed by atoms with E-state index in [0.29, 0.717) is 23.5 Å². The van der Waals surface area contributed by atoms with E-state index in [0.717, 1.165) is 30.5 Å². The maximum absolute atomic E-state index is 14.2. The van der Waals surface area contributed by atoms with Gasteiger partial charge in [0, 0.05) is 24.4 Å². The Morgan fingerprint density at radius 2 is 1.86 bits per heavy atom. The van der Waals surface area contributed by atoms with Crippen molar-refractivity contribution in [1.82, 2.24) is 15.2 Å². The van der Waals surface area contributed by atoms with Gasteiger partial charge in [-0.2, -0.15) is 0 Å². The number of hydrogen-bond acceptors (Lipinski definition) is 5. The molecule has 28 heavy (non-hydrogen) atoms. The average Bonchev–Trinajstić information content (AvgIpc) is 2.74. The number of halogens is 1. The lowest BCUT2D eigenvalue weighted by molar-refractivity contribution is 0.213. The number of hydrogen-bond donors (Lipinski definition) is 1. The largest absolute Gasteiger partial charge is 0.507 e. The van der Waals surface area contributed by atoms with E-state index >= 15 is 0 Å². The van der Waals surface area contributed by atoms with Crippen LogP contribution in [0, 0.1) is 0 Å². The summed E-state index contributed by atoms with van der Waals surface area (Å²) >= 11 is 0. The standard InChI is InChI=1S/C22H23FN4O/c1-27(20-8-3-2-6-17(20)23)22-12-11-19(25-26-22)16-10-9-15(14-21(16)28)18-7-4-5-13-24-18/h4-5,7,9-14,17,20,28H,2-3,6,8H2,1H3/t17-,20+/m1/s1. The summed E-state index contributed by atoms with van der Waals surface area (Å²) in [5.41, 5.74) is 2.79. The molecule has 5 nitrogen and oxygen atoms in total. The van der Waals surface area contributed by atoms with Gasteiger partial charge in [-0.3, -0.25) is 4.98 Å². The van der Waals surface area contributed by atoms with Crippen LogP contribution in [-0.2, 0) is 0 Å². The van der Waals surface area contributed by atoms with Gasteiger partial charge in [-0.15, -0.1) is 10.2 Å². The third-order valence-corrected chi connectivity index (χ3v) is 5.39. The Morgan fingerprint density at radius 3 is 2.54 bits per heavy atom. The first-order valence-electron chi connectivity index (χ1n) is 9.59. The van der Waals surface area contributed by atoms with Gasteiger partial charge in [0.05, 0.1) is 17.4 Å². The topological polar surface area (TPSA) is 62.1 Å². The second kappa shape index (κ2) is 7.92. The molecule has 4 rings (SSSR count). The highest BCUT2D eigenvalue weighted by molar-refractivity contribution is 5.73. The summed E-state index contributed by atoms with van der Waals surface area (Å²) in [6, 6.07) is 14.5. The normalized spacial score (nSPS) is 19.4. The Hall–Kier alpha value is -3.02. The van der Waals surface area contributed by atoms with Crippen LogP contribution in [0.3, 0.4) is 0 Å². The third-order valence-electron chi connectivity index (χ3n) is 5.39. The first-order chi connectivity index (χ1) is 13.6. The number of phenolic OH excluding ortho intramolecular Hbond substituents is 1. The van der Waals surface area contributed by atoms with Crippen molar-refractivity contribution in [3.05, 3.63) is 54.7 Å². The molecule has 0 aliphatic heterocycles. The molecule has 2 aromatic heterocycles. The van der Waals surface area contributed by atoms with Crippen LogP contribution in [0.5, 0.6) is 5.75 Å². The van der Waals surface area contributed by atoms with Gasteiger partial charge in [0.15, 0.2) is 5.82 Å². The molecule has 144 valence electrons. The van der Waals surface area contributed by atoms with E-state index in [1.165, 1.54) is 0 Å². The minimum Gasteiger partial charge on any atom is -0.507 e. The molecule has 2 heterocycles. The molecule has 0 unspecified atom stereocenters. The monoisotopic (exact) mass is 378 g/mol. The molecule has 1 aliphatic carbocycles. The summed E-state index contributed by atoms with van der Waals surface area (Å²) in [6.45, 7) is 0. The van der Waals surface area contributed by atoms with Crippen LogP contribution in [0.25, 0.3) is 22.5 Å². The van der Waals surface area contributed by atoms with E-state index in [-0.39, 0.29) is 11.8 Å². The van der Waals surface area contributed by atoms with Gasteiger partial charge in [0.25, 0.3) is 0 Å². The fraction of sp³-hybridized carbons (Fsp3) is 0.318. The number of pyridine rings is 1. The maximum Gasteiger partial charge on any atom is 0.151 e. The van der Waals surface area contributed by atoms with Crippen LogP contribution in [0.4, 0.5) is 10.2 Å². The molecule has 6 heteroatoms. The van der Waals surface area contributed by atoms with Crippen molar-refractivity contribution in [1.29, 1.82) is 0 Å². The van der Waals surface area contributed by atoms with Crippen molar-refractivity contribution in [3.8, 4) is 28.3 Å². The summed E-state index contributed by atoms with van der Waals surface area (Å²) in [6.07, 6.45) is 4.31. The van der Waals surface area contributed by atoms with Gasteiger partial charge < -0.3 is 10.0 Å². The van der Waals surface area contributed by atoms with Crippen molar-refractivity contribution in [3.63, 3.8) is 0 Å². The Morgan fingerprint density at radius 1 is 1.00 bits per heavy atom. The second-order valence-electron chi connectivity index (χ2n) is 7.20. The van der Waals surface area contributed by atoms with Crippen LogP contribution in [0.2, 0.25) is 0 Å². The molecule has 0 amide bonds. The molecular formula is C22H23FN4O. The van der Waals surface area contributed by atoms with Gasteiger partial charge in [-0.1, -0.05) is 25.0 Å². The van der Waals surface area contributed by atoms with Crippen LogP contribution in [0.15, 0.2) is 54.7 Å². The number of phenols is 1. The summed E-state index contributed by atoms with van der Waals surface area (Å²) in [7, 11) is 1.87. The summed E-state index contributed by atoms with van der Waals surface area (Å²) < 4.78 is 14.2. The van der Waals surface area contributed by atoms with Crippen molar-refractivity contribution in [2.45, 2.75) is 37.9 Å². The number of alkyl halides is 1. The predicted molar refractivity (Wildman–Crippen MR) is 108 cm³/mol. The van der Waals surface area contributed by atoms with E-state index in [4.69, 9.17) is 0 Å². The van der Waals surface area contributed by atoms with Crippen molar-refractivity contribution in [2.75, 3.05) is 11.9 Å². The summed E-state index contributed by atoms with van der Waals surface area (Å²) in [4.78, 5) is 6.18. The van der Waals surface area contributed by atoms with Gasteiger partial charge >= 0.3 is 0 Å². The number of aromatic nitrogens is 3. The zero-order valence-electron chi connectivity index (χ0n) is 15.8. The molecular weight excluding hydrogens is 355 g/mol. The number of nitrogens with zero attached hydrogens (tertiary/aromatic N) is 4. The van der Waals surface area contributed by atoms with Crippen LogP contribution in [-0.4, -0.2) is 39.5 Å². The lowest BCUT2D eigenvalue weighted by atomic mass is 9.92. The lowest BCUT2D eigenvalue weighted by Gasteiger charge is -2.34. The van der Waals surface area contributed by atoms with Crippen LogP contribution in [0.1, 0.15) is 25.7 Å². The molecule has 3 aromatic rings. The zero-order chi connectivity index (χ0) is 19.5. The van der Waals surface area contributed by atoms with E-state index in [1.54, 1.807) is 12.3 Å². The lowest BCUT2D eigenvalue weighted by Crippen LogP contribution is -2.41. The first kappa shape index (κ1) is 18.3. The molecule has 1 N–H and O–H groups in total. The minimum atomic E-state index is -0.830. The van der Waals surface area contributed by atoms with Crippen molar-refractivity contribution >= 4 is 5.82 Å². The number of benzene rings is 1. The van der Waals surface area contributed by atoms with Gasteiger partial charge in [0.2, 0.25) is 0 Å². The highest BCUT2D eigenvalue weighted by atomic mass is 19.1. The Bertz CT molecular complexity index is 933. The van der Waals surface area contributed by atoms with Crippen molar-refractivity contribution in [2.24, 2.45) is 0 Å². The molecule has 1 aromatic carbocycles. The second-order valence-corrected chi connectivity index (χ2v) is 7.20. The molecule has 0 radical (unpaired) electrons. The fourth-order valence-electron chi connectivity index (χ4n) is 3.77. The first-order valence-corrected chi connectivity index (χ1v) is 9.59. The molecule has 0 saturated heterocycles. The van der Waals surface area contributed by atoms with E-state index < -0.39 is 6.17 Å². The Balaban J connectivity index is 1.55. The van der Waals surface area contributed by atoms with Crippen LogP contribution >= 0.6 is 0 Å². The number of rotatable bonds is 4. The Kier molecular flexibility index (Phi) is 5.19. The van der Waals surface area contributed by atoms with Gasteiger partial charge in [-0.25, -0.2) is 4.39 Å². The zero-order valence-corrected chi connectivity index (χ0v) is 15.8. The average molecular weight is 378 g/mol. The van der Waals surface area contributed by atoms with E-state index in [1.807, 2.05) is 54.4 Å². The fourth-order valence-corrected chi connectivity index (χ4v) is 3.77. The minimum absolute atomic E-state index is 0.120. The highest BCUT2D eigenvalue weighted by Crippen LogP contribution is 2.33. The highest BCUT2D eigenvalue weighted by Gasteiger charge is 2.29. The molecule has 0 spiro atoms. The summed E-state index contributed by atoms with van der Waals surface area (Å²) in [5, 5.41) is 19.0. The SMILES string of the molecule is CN(c1ccc(-c2ccc(-c3ccccn3)cc2O)nn1)[C@H]1CCCC[C@H]1F. The molecule has 1 saturated carbocycles. The van der Waals surface area contributed by atoms with E-state index in [2.05, 4.69) is 15.2 Å². The number of anilines is 1. The maximum atomic E-state index is 14.2. The quantitative estimate of drug-likeness (QED) is 0.717.